The molecule has 0 aromatic heterocycles. The van der Waals surface area contributed by atoms with Gasteiger partial charge in [-0.1, -0.05) is 6.07 Å². The van der Waals surface area contributed by atoms with Crippen LogP contribution in [0.2, 0.25) is 0 Å². The van der Waals surface area contributed by atoms with Gasteiger partial charge in [0.25, 0.3) is 5.91 Å². The molecule has 2 aromatic rings. The molecule has 0 heterocycles. The van der Waals surface area contributed by atoms with Crippen molar-refractivity contribution in [3.63, 3.8) is 0 Å². The zero-order chi connectivity index (χ0) is 18.0. The first-order chi connectivity index (χ1) is 11.9. The Hall–Kier alpha value is -1.90. The van der Waals surface area contributed by atoms with Gasteiger partial charge in [-0.05, 0) is 55.5 Å². The van der Waals surface area contributed by atoms with Gasteiger partial charge in [0.1, 0.15) is 10.7 Å². The molecule has 0 radical (unpaired) electrons. The second-order valence-electron chi connectivity index (χ2n) is 5.73. The van der Waals surface area contributed by atoms with Crippen molar-refractivity contribution in [2.45, 2.75) is 28.7 Å². The molecule has 2 N–H and O–H groups in total. The van der Waals surface area contributed by atoms with E-state index in [1.165, 1.54) is 17.8 Å². The van der Waals surface area contributed by atoms with Crippen LogP contribution in [0.3, 0.4) is 0 Å². The highest BCUT2D eigenvalue weighted by atomic mass is 32.2. The van der Waals surface area contributed by atoms with E-state index in [1.807, 2.05) is 18.4 Å². The summed E-state index contributed by atoms with van der Waals surface area (Å²) < 4.78 is 40.9. The Labute approximate surface area is 150 Å². The minimum absolute atomic E-state index is 0.0760. The van der Waals surface area contributed by atoms with Gasteiger partial charge in [-0.2, -0.15) is 0 Å². The van der Waals surface area contributed by atoms with Gasteiger partial charge in [0.15, 0.2) is 0 Å². The highest BCUT2D eigenvalue weighted by Gasteiger charge is 2.30. The minimum Gasteiger partial charge on any atom is -0.322 e. The molecule has 3 rings (SSSR count). The largest absolute Gasteiger partial charge is 0.322 e. The zero-order valence-electron chi connectivity index (χ0n) is 13.5. The van der Waals surface area contributed by atoms with E-state index < -0.39 is 26.6 Å². The molecule has 8 heteroatoms. The number of hydrogen-bond donors (Lipinski definition) is 2. The van der Waals surface area contributed by atoms with Crippen molar-refractivity contribution in [1.29, 1.82) is 0 Å². The Kier molecular flexibility index (Phi) is 5.12. The fourth-order valence-corrected chi connectivity index (χ4v) is 4.11. The maximum absolute atomic E-state index is 14.0. The lowest BCUT2D eigenvalue weighted by atomic mass is 10.2. The molecule has 1 aliphatic rings. The van der Waals surface area contributed by atoms with Gasteiger partial charge in [0, 0.05) is 22.2 Å². The van der Waals surface area contributed by atoms with E-state index in [1.54, 1.807) is 12.1 Å². The van der Waals surface area contributed by atoms with E-state index in [4.69, 9.17) is 0 Å². The molecule has 2 aromatic carbocycles. The molecule has 0 spiro atoms. The number of carbonyl (C=O) groups excluding carboxylic acids is 1. The van der Waals surface area contributed by atoms with E-state index in [2.05, 4.69) is 10.0 Å². The smallest absolute Gasteiger partial charge is 0.255 e. The Bertz CT molecular complexity index is 912. The lowest BCUT2D eigenvalue weighted by molar-refractivity contribution is 0.102. The highest BCUT2D eigenvalue weighted by Crippen LogP contribution is 2.24. The molecule has 1 aliphatic carbocycles. The van der Waals surface area contributed by atoms with Crippen LogP contribution >= 0.6 is 11.8 Å². The van der Waals surface area contributed by atoms with Crippen LogP contribution in [0.1, 0.15) is 23.2 Å². The Balaban J connectivity index is 1.84. The summed E-state index contributed by atoms with van der Waals surface area (Å²) in [6, 6.07) is 10.4. The predicted molar refractivity (Wildman–Crippen MR) is 95.9 cm³/mol. The Morgan fingerprint density at radius 1 is 1.20 bits per heavy atom. The first-order valence-electron chi connectivity index (χ1n) is 7.66. The van der Waals surface area contributed by atoms with Crippen molar-refractivity contribution in [2.75, 3.05) is 11.6 Å². The lowest BCUT2D eigenvalue weighted by Crippen LogP contribution is -2.27. The topological polar surface area (TPSA) is 75.3 Å². The molecule has 25 heavy (non-hydrogen) atoms. The third-order valence-electron chi connectivity index (χ3n) is 3.71. The Morgan fingerprint density at radius 3 is 2.64 bits per heavy atom. The zero-order valence-corrected chi connectivity index (χ0v) is 15.1. The normalized spacial score (nSPS) is 14.3. The van der Waals surface area contributed by atoms with Crippen LogP contribution in [-0.2, 0) is 10.0 Å². The summed E-state index contributed by atoms with van der Waals surface area (Å²) in [6.07, 6.45) is 3.41. The third kappa shape index (κ3) is 4.39. The minimum atomic E-state index is -3.98. The molecule has 0 unspecified atom stereocenters. The summed E-state index contributed by atoms with van der Waals surface area (Å²) in [7, 11) is -3.98. The van der Waals surface area contributed by atoms with Gasteiger partial charge >= 0.3 is 0 Å². The molecular formula is C17H17FN2O3S2. The average Bonchev–Trinajstić information content (AvgIpc) is 3.38. The third-order valence-corrected chi connectivity index (χ3v) is 5.97. The number of carbonyl (C=O) groups is 1. The number of hydrogen-bond acceptors (Lipinski definition) is 4. The SMILES string of the molecule is CSc1cccc(NC(=O)c2ccc(F)c(S(=O)(=O)NC3CC3)c2)c1. The number of nitrogens with one attached hydrogen (secondary N) is 2. The monoisotopic (exact) mass is 380 g/mol. The van der Waals surface area contributed by atoms with Crippen molar-refractivity contribution in [1.82, 2.24) is 4.72 Å². The Morgan fingerprint density at radius 2 is 1.96 bits per heavy atom. The van der Waals surface area contributed by atoms with Crippen molar-refractivity contribution in [3.8, 4) is 0 Å². The molecule has 0 aliphatic heterocycles. The van der Waals surface area contributed by atoms with Crippen LogP contribution in [-0.4, -0.2) is 26.6 Å². The van der Waals surface area contributed by atoms with Crippen LogP contribution in [0, 0.1) is 5.82 Å². The first-order valence-corrected chi connectivity index (χ1v) is 10.4. The van der Waals surface area contributed by atoms with Gasteiger partial charge in [-0.25, -0.2) is 17.5 Å². The number of rotatable bonds is 6. The van der Waals surface area contributed by atoms with E-state index in [-0.39, 0.29) is 11.6 Å². The van der Waals surface area contributed by atoms with Crippen molar-refractivity contribution < 1.29 is 17.6 Å². The molecule has 0 atom stereocenters. The molecule has 1 amide bonds. The van der Waals surface area contributed by atoms with Crippen molar-refractivity contribution in [2.24, 2.45) is 0 Å². The first kappa shape index (κ1) is 17.9. The molecule has 0 saturated heterocycles. The summed E-state index contributed by atoms with van der Waals surface area (Å²) in [5.74, 6) is -1.38. The van der Waals surface area contributed by atoms with Crippen LogP contribution in [0.4, 0.5) is 10.1 Å². The van der Waals surface area contributed by atoms with Crippen LogP contribution < -0.4 is 10.0 Å². The van der Waals surface area contributed by atoms with Crippen molar-refractivity contribution >= 4 is 33.4 Å². The summed E-state index contributed by atoms with van der Waals surface area (Å²) >= 11 is 1.54. The fraction of sp³-hybridized carbons (Fsp3) is 0.235. The van der Waals surface area contributed by atoms with Gasteiger partial charge in [0.2, 0.25) is 10.0 Å². The maximum atomic E-state index is 14.0. The average molecular weight is 380 g/mol. The number of benzene rings is 2. The van der Waals surface area contributed by atoms with Gasteiger partial charge in [-0.15, -0.1) is 11.8 Å². The summed E-state index contributed by atoms with van der Waals surface area (Å²) in [4.78, 5) is 12.9. The van der Waals surface area contributed by atoms with E-state index in [9.17, 15) is 17.6 Å². The molecule has 132 valence electrons. The standard InChI is InChI=1S/C17H17FN2O3S2/c1-24-14-4-2-3-13(10-14)19-17(21)11-5-8-15(18)16(9-11)25(22,23)20-12-6-7-12/h2-5,8-10,12,20H,6-7H2,1H3,(H,19,21). The summed E-state index contributed by atoms with van der Waals surface area (Å²) in [6.45, 7) is 0. The quantitative estimate of drug-likeness (QED) is 0.755. The number of amides is 1. The molecule has 0 bridgehead atoms. The predicted octanol–water partition coefficient (Wildman–Crippen LogP) is 3.24. The van der Waals surface area contributed by atoms with E-state index >= 15 is 0 Å². The lowest BCUT2D eigenvalue weighted by Gasteiger charge is -2.10. The number of sulfonamides is 1. The van der Waals surface area contributed by atoms with Gasteiger partial charge in [-0.3, -0.25) is 4.79 Å². The summed E-state index contributed by atoms with van der Waals surface area (Å²) in [5.41, 5.74) is 0.661. The maximum Gasteiger partial charge on any atom is 0.255 e. The molecule has 1 saturated carbocycles. The van der Waals surface area contributed by atoms with E-state index in [0.29, 0.717) is 5.69 Å². The number of anilines is 1. The van der Waals surface area contributed by atoms with Crippen LogP contribution in [0.25, 0.3) is 0 Å². The van der Waals surface area contributed by atoms with Crippen LogP contribution in [0.5, 0.6) is 0 Å². The number of halogens is 1. The van der Waals surface area contributed by atoms with E-state index in [0.717, 1.165) is 29.9 Å². The second kappa shape index (κ2) is 7.15. The fourth-order valence-electron chi connectivity index (χ4n) is 2.24. The molecule has 1 fully saturated rings. The van der Waals surface area contributed by atoms with Gasteiger partial charge < -0.3 is 5.32 Å². The summed E-state index contributed by atoms with van der Waals surface area (Å²) in [5, 5.41) is 2.69. The number of thioether (sulfide) groups is 1. The van der Waals surface area contributed by atoms with Crippen molar-refractivity contribution in [3.05, 3.63) is 53.8 Å². The highest BCUT2D eigenvalue weighted by molar-refractivity contribution is 7.98. The second-order valence-corrected chi connectivity index (χ2v) is 8.29. The van der Waals surface area contributed by atoms with Crippen LogP contribution in [0.15, 0.2) is 52.3 Å². The molecular weight excluding hydrogens is 363 g/mol. The van der Waals surface area contributed by atoms with Gasteiger partial charge in [0.05, 0.1) is 0 Å². The molecule has 5 nitrogen and oxygen atoms in total.